The lowest BCUT2D eigenvalue weighted by molar-refractivity contribution is 0.0733. The third kappa shape index (κ3) is 3.23. The quantitative estimate of drug-likeness (QED) is 0.613. The van der Waals surface area contributed by atoms with Crippen molar-refractivity contribution in [1.29, 1.82) is 0 Å². The van der Waals surface area contributed by atoms with Gasteiger partial charge in [0.15, 0.2) is 0 Å². The minimum absolute atomic E-state index is 0.0858. The molecule has 0 amide bonds. The fourth-order valence-electron chi connectivity index (χ4n) is 1.88. The molecule has 0 aliphatic carbocycles. The van der Waals surface area contributed by atoms with Gasteiger partial charge in [-0.15, -0.1) is 0 Å². The Morgan fingerprint density at radius 2 is 1.75 bits per heavy atom. The van der Waals surface area contributed by atoms with Crippen molar-refractivity contribution in [1.82, 2.24) is 4.98 Å². The lowest BCUT2D eigenvalue weighted by Crippen LogP contribution is -2.12. The maximum Gasteiger partial charge on any atom is 0.345 e. The van der Waals surface area contributed by atoms with Crippen LogP contribution in [-0.2, 0) is 5.41 Å². The molecular formula is C17H19NO2. The van der Waals surface area contributed by atoms with Gasteiger partial charge in [-0.25, -0.2) is 4.79 Å². The average Bonchev–Trinajstić information content (AvgIpc) is 2.38. The van der Waals surface area contributed by atoms with E-state index in [4.69, 9.17) is 4.74 Å². The van der Waals surface area contributed by atoms with Crippen LogP contribution in [0, 0.1) is 6.92 Å². The molecule has 0 unspecified atom stereocenters. The van der Waals surface area contributed by atoms with Gasteiger partial charge in [0, 0.05) is 6.20 Å². The van der Waals surface area contributed by atoms with Crippen LogP contribution < -0.4 is 4.74 Å². The molecule has 0 bridgehead atoms. The molecule has 0 N–H and O–H groups in total. The summed E-state index contributed by atoms with van der Waals surface area (Å²) in [5.74, 6) is 0.172. The topological polar surface area (TPSA) is 39.2 Å². The highest BCUT2D eigenvalue weighted by atomic mass is 16.5. The van der Waals surface area contributed by atoms with Crippen LogP contribution in [-0.4, -0.2) is 11.0 Å². The third-order valence-electron chi connectivity index (χ3n) is 3.16. The molecule has 2 aromatic rings. The first-order valence-electron chi connectivity index (χ1n) is 6.62. The normalized spacial score (nSPS) is 11.2. The fourth-order valence-corrected chi connectivity index (χ4v) is 1.88. The van der Waals surface area contributed by atoms with Gasteiger partial charge in [-0.1, -0.05) is 32.9 Å². The van der Waals surface area contributed by atoms with Crippen LogP contribution in [0.4, 0.5) is 0 Å². The van der Waals surface area contributed by atoms with Gasteiger partial charge in [-0.3, -0.25) is 4.98 Å². The summed E-state index contributed by atoms with van der Waals surface area (Å²) in [6.45, 7) is 8.23. The van der Waals surface area contributed by atoms with Crippen molar-refractivity contribution < 1.29 is 9.53 Å². The maximum absolute atomic E-state index is 12.1. The Labute approximate surface area is 119 Å². The number of ether oxygens (including phenoxy) is 1. The molecule has 0 aliphatic rings. The van der Waals surface area contributed by atoms with Crippen LogP contribution in [0.25, 0.3) is 0 Å². The molecule has 1 aromatic carbocycles. The molecule has 20 heavy (non-hydrogen) atoms. The smallest absolute Gasteiger partial charge is 0.345 e. The number of carbonyl (C=O) groups is 1. The first-order valence-corrected chi connectivity index (χ1v) is 6.62. The monoisotopic (exact) mass is 269 g/mol. The van der Waals surface area contributed by atoms with Gasteiger partial charge in [0.25, 0.3) is 0 Å². The van der Waals surface area contributed by atoms with Crippen molar-refractivity contribution in [3.05, 3.63) is 59.4 Å². The summed E-state index contributed by atoms with van der Waals surface area (Å²) in [7, 11) is 0. The zero-order valence-electron chi connectivity index (χ0n) is 12.3. The molecule has 104 valence electrons. The minimum Gasteiger partial charge on any atom is -0.423 e. The number of rotatable bonds is 2. The summed E-state index contributed by atoms with van der Waals surface area (Å²) in [6, 6.07) is 11.1. The van der Waals surface area contributed by atoms with E-state index >= 15 is 0 Å². The van der Waals surface area contributed by atoms with Crippen molar-refractivity contribution in [2.75, 3.05) is 0 Å². The molecule has 2 rings (SSSR count). The van der Waals surface area contributed by atoms with Crippen LogP contribution in [0.1, 0.15) is 42.4 Å². The molecule has 0 saturated heterocycles. The summed E-state index contributed by atoms with van der Waals surface area (Å²) in [4.78, 5) is 16.1. The van der Waals surface area contributed by atoms with E-state index in [9.17, 15) is 4.79 Å². The van der Waals surface area contributed by atoms with Gasteiger partial charge < -0.3 is 4.74 Å². The van der Waals surface area contributed by atoms with Crippen molar-refractivity contribution >= 4 is 5.97 Å². The predicted molar refractivity (Wildman–Crippen MR) is 79.1 cm³/mol. The predicted octanol–water partition coefficient (Wildman–Crippen LogP) is 3.91. The highest BCUT2D eigenvalue weighted by molar-refractivity contribution is 5.92. The number of benzene rings is 1. The number of aryl methyl sites for hydroxylation is 1. The summed E-state index contributed by atoms with van der Waals surface area (Å²) >= 11 is 0. The Morgan fingerprint density at radius 3 is 2.30 bits per heavy atom. The van der Waals surface area contributed by atoms with Gasteiger partial charge in [0.2, 0.25) is 0 Å². The average molecular weight is 269 g/mol. The van der Waals surface area contributed by atoms with E-state index in [-0.39, 0.29) is 11.4 Å². The SMILES string of the molecule is Cc1ncccc1C(=O)Oc1ccc(C(C)(C)C)cc1. The summed E-state index contributed by atoms with van der Waals surface area (Å²) in [5.41, 5.74) is 2.45. The molecule has 0 saturated carbocycles. The van der Waals surface area contributed by atoms with Crippen LogP contribution in [0.5, 0.6) is 5.75 Å². The minimum atomic E-state index is -0.376. The Hall–Kier alpha value is -2.16. The first kappa shape index (κ1) is 14.3. The third-order valence-corrected chi connectivity index (χ3v) is 3.16. The van der Waals surface area contributed by atoms with E-state index in [1.807, 2.05) is 24.3 Å². The van der Waals surface area contributed by atoms with E-state index in [0.29, 0.717) is 17.0 Å². The molecule has 1 heterocycles. The van der Waals surface area contributed by atoms with Gasteiger partial charge in [0.05, 0.1) is 11.3 Å². The van der Waals surface area contributed by atoms with Gasteiger partial charge in [0.1, 0.15) is 5.75 Å². The Balaban J connectivity index is 2.15. The zero-order valence-corrected chi connectivity index (χ0v) is 12.3. The number of carbonyl (C=O) groups excluding carboxylic acids is 1. The van der Waals surface area contributed by atoms with Crippen molar-refractivity contribution in [3.8, 4) is 5.75 Å². The van der Waals surface area contributed by atoms with Crippen LogP contribution in [0.15, 0.2) is 42.6 Å². The van der Waals surface area contributed by atoms with Gasteiger partial charge in [-0.2, -0.15) is 0 Å². The number of esters is 1. The number of pyridine rings is 1. The Bertz CT molecular complexity index is 610. The van der Waals surface area contributed by atoms with E-state index in [2.05, 4.69) is 25.8 Å². The Kier molecular flexibility index (Phi) is 3.89. The molecule has 0 atom stereocenters. The van der Waals surface area contributed by atoms with E-state index in [1.165, 1.54) is 5.56 Å². The van der Waals surface area contributed by atoms with Crippen molar-refractivity contribution in [2.45, 2.75) is 33.1 Å². The second-order valence-electron chi connectivity index (χ2n) is 5.80. The van der Waals surface area contributed by atoms with Crippen LogP contribution in [0.2, 0.25) is 0 Å². The second-order valence-corrected chi connectivity index (χ2v) is 5.80. The maximum atomic E-state index is 12.1. The zero-order chi connectivity index (χ0) is 14.8. The van der Waals surface area contributed by atoms with Gasteiger partial charge >= 0.3 is 5.97 Å². The molecule has 1 aromatic heterocycles. The largest absolute Gasteiger partial charge is 0.423 e. The number of hydrogen-bond donors (Lipinski definition) is 0. The summed E-state index contributed by atoms with van der Waals surface area (Å²) < 4.78 is 5.37. The summed E-state index contributed by atoms with van der Waals surface area (Å²) in [5, 5.41) is 0. The number of hydrogen-bond acceptors (Lipinski definition) is 3. The molecule has 0 spiro atoms. The van der Waals surface area contributed by atoms with Crippen molar-refractivity contribution in [2.24, 2.45) is 0 Å². The van der Waals surface area contributed by atoms with Gasteiger partial charge in [-0.05, 0) is 42.2 Å². The van der Waals surface area contributed by atoms with E-state index in [0.717, 1.165) is 0 Å². The lowest BCUT2D eigenvalue weighted by Gasteiger charge is -2.19. The van der Waals surface area contributed by atoms with Crippen molar-refractivity contribution in [3.63, 3.8) is 0 Å². The second kappa shape index (κ2) is 5.45. The standard InChI is InChI=1S/C17H19NO2/c1-12-15(6-5-11-18-12)16(19)20-14-9-7-13(8-10-14)17(2,3)4/h5-11H,1-4H3. The first-order chi connectivity index (χ1) is 9.38. The lowest BCUT2D eigenvalue weighted by atomic mass is 9.87. The molecule has 3 nitrogen and oxygen atoms in total. The highest BCUT2D eigenvalue weighted by Crippen LogP contribution is 2.24. The molecule has 0 radical (unpaired) electrons. The van der Waals surface area contributed by atoms with Crippen LogP contribution >= 0.6 is 0 Å². The molecule has 0 aliphatic heterocycles. The molecule has 0 fully saturated rings. The van der Waals surface area contributed by atoms with E-state index < -0.39 is 0 Å². The molecular weight excluding hydrogens is 250 g/mol. The molecule has 3 heteroatoms. The highest BCUT2D eigenvalue weighted by Gasteiger charge is 2.15. The number of aromatic nitrogens is 1. The Morgan fingerprint density at radius 1 is 1.10 bits per heavy atom. The van der Waals surface area contributed by atoms with E-state index in [1.54, 1.807) is 25.3 Å². The summed E-state index contributed by atoms with van der Waals surface area (Å²) in [6.07, 6.45) is 1.66. The fraction of sp³-hybridized carbons (Fsp3) is 0.294. The van der Waals surface area contributed by atoms with Crippen LogP contribution in [0.3, 0.4) is 0 Å². The number of nitrogens with zero attached hydrogens (tertiary/aromatic N) is 1.